The summed E-state index contributed by atoms with van der Waals surface area (Å²) in [6.07, 6.45) is -15.6. The lowest BCUT2D eigenvalue weighted by Gasteiger charge is -2.48. The van der Waals surface area contributed by atoms with Gasteiger partial charge in [-0.2, -0.15) is 0 Å². The molecule has 0 unspecified atom stereocenters. The highest BCUT2D eigenvalue weighted by Gasteiger charge is 2.56. The normalized spacial score (nSPS) is 29.5. The smallest absolute Gasteiger partial charge is 0.320 e. The van der Waals surface area contributed by atoms with Crippen LogP contribution in [0.15, 0.2) is 30.3 Å². The molecule has 0 radical (unpaired) electrons. The van der Waals surface area contributed by atoms with Gasteiger partial charge in [0.1, 0.15) is 43.5 Å². The van der Waals surface area contributed by atoms with Gasteiger partial charge >= 0.3 is 35.8 Å². The maximum Gasteiger partial charge on any atom is 0.320 e. The molecule has 3 rings (SSSR count). The molecule has 10 atom stereocenters. The number of carbonyl (C=O) groups is 6. The van der Waals surface area contributed by atoms with Crippen LogP contribution >= 0.6 is 11.6 Å². The summed E-state index contributed by atoms with van der Waals surface area (Å²) in [5.41, 5.74) is 0.712. The number of aliphatic hydroxyl groups is 1. The first-order valence-corrected chi connectivity index (χ1v) is 15.6. The predicted molar refractivity (Wildman–Crippen MR) is 160 cm³/mol. The van der Waals surface area contributed by atoms with Crippen molar-refractivity contribution in [2.24, 2.45) is 0 Å². The van der Waals surface area contributed by atoms with Crippen LogP contribution in [0.3, 0.4) is 0 Å². The standard InChI is InChI=1S/C31H39ClO17/c1-15(33)40-13-22-26(28(45-18(4)36)29(46-19(5)37)30(47-22)42-12-20-9-7-6-8-10-20)49-31-27(44-17(3)35)24(39)25(43-16(2)34)21(48-31)14-41-23(38)11-32/h6-10,21-22,24-31,39H,11-14H2,1-5H3/t21-,22-,24+,25+,26-,27-,28+,29-,30-,31+/m1/s1. The Morgan fingerprint density at radius 1 is 0.653 bits per heavy atom. The molecule has 1 aromatic carbocycles. The third-order valence-electron chi connectivity index (χ3n) is 6.93. The average Bonchev–Trinajstić information content (AvgIpc) is 3.03. The molecule has 1 aromatic rings. The van der Waals surface area contributed by atoms with Crippen molar-refractivity contribution in [1.29, 1.82) is 0 Å². The third kappa shape index (κ3) is 11.9. The summed E-state index contributed by atoms with van der Waals surface area (Å²) in [5.74, 6) is -5.56. The van der Waals surface area contributed by atoms with Crippen LogP contribution in [-0.2, 0) is 82.7 Å². The van der Waals surface area contributed by atoms with E-state index >= 15 is 0 Å². The molecule has 0 bridgehead atoms. The Morgan fingerprint density at radius 2 is 1.16 bits per heavy atom. The highest BCUT2D eigenvalue weighted by Crippen LogP contribution is 2.35. The molecule has 0 aromatic heterocycles. The molecule has 2 fully saturated rings. The molecule has 0 spiro atoms. The quantitative estimate of drug-likeness (QED) is 0.157. The summed E-state index contributed by atoms with van der Waals surface area (Å²) in [5, 5.41) is 11.3. The summed E-state index contributed by atoms with van der Waals surface area (Å²) in [7, 11) is 0. The van der Waals surface area contributed by atoms with Crippen LogP contribution in [0.4, 0.5) is 0 Å². The fraction of sp³-hybridized carbons (Fsp3) is 0.613. The van der Waals surface area contributed by atoms with Crippen molar-refractivity contribution in [2.75, 3.05) is 19.1 Å². The minimum atomic E-state index is -1.83. The van der Waals surface area contributed by atoms with Gasteiger partial charge in [-0.15, -0.1) is 11.6 Å². The van der Waals surface area contributed by atoms with E-state index in [9.17, 15) is 33.9 Å². The lowest BCUT2D eigenvalue weighted by molar-refractivity contribution is -0.361. The summed E-state index contributed by atoms with van der Waals surface area (Å²) in [4.78, 5) is 72.5. The van der Waals surface area contributed by atoms with Gasteiger partial charge in [0, 0.05) is 34.6 Å². The van der Waals surface area contributed by atoms with E-state index in [4.69, 9.17) is 59.0 Å². The van der Waals surface area contributed by atoms with E-state index in [1.54, 1.807) is 30.3 Å². The fourth-order valence-corrected chi connectivity index (χ4v) is 5.14. The van der Waals surface area contributed by atoms with Gasteiger partial charge in [0.25, 0.3) is 0 Å². The number of carbonyl (C=O) groups excluding carboxylic acids is 6. The first-order valence-electron chi connectivity index (χ1n) is 15.0. The van der Waals surface area contributed by atoms with Crippen molar-refractivity contribution in [2.45, 2.75) is 103 Å². The molecule has 1 N–H and O–H groups in total. The van der Waals surface area contributed by atoms with Gasteiger partial charge in [-0.05, 0) is 5.56 Å². The summed E-state index contributed by atoms with van der Waals surface area (Å²) in [6, 6.07) is 8.87. The van der Waals surface area contributed by atoms with Gasteiger partial charge in [0.2, 0.25) is 0 Å². The minimum Gasteiger partial charge on any atom is -0.463 e. The molecular formula is C31H39ClO17. The van der Waals surface area contributed by atoms with Crippen LogP contribution in [0.25, 0.3) is 0 Å². The number of rotatable bonds is 14. The van der Waals surface area contributed by atoms with Crippen LogP contribution in [-0.4, -0.2) is 121 Å². The van der Waals surface area contributed by atoms with Gasteiger partial charge in [-0.25, -0.2) is 0 Å². The number of halogens is 1. The van der Waals surface area contributed by atoms with Crippen molar-refractivity contribution >= 4 is 47.4 Å². The Hall–Kier alpha value is -3.87. The zero-order valence-corrected chi connectivity index (χ0v) is 28.1. The molecule has 2 saturated heterocycles. The van der Waals surface area contributed by atoms with Crippen molar-refractivity contribution in [3.63, 3.8) is 0 Å². The minimum absolute atomic E-state index is 0.0471. The number of aliphatic hydroxyl groups excluding tert-OH is 1. The highest BCUT2D eigenvalue weighted by atomic mass is 35.5. The third-order valence-corrected chi connectivity index (χ3v) is 7.15. The summed E-state index contributed by atoms with van der Waals surface area (Å²) >= 11 is 5.53. The molecule has 2 aliphatic heterocycles. The Morgan fingerprint density at radius 3 is 1.73 bits per heavy atom. The van der Waals surface area contributed by atoms with E-state index in [2.05, 4.69) is 0 Å². The second-order valence-electron chi connectivity index (χ2n) is 10.9. The second-order valence-corrected chi connectivity index (χ2v) is 11.2. The topological polar surface area (TPSA) is 215 Å². The van der Waals surface area contributed by atoms with Crippen LogP contribution in [0.5, 0.6) is 0 Å². The molecule has 17 nitrogen and oxygen atoms in total. The van der Waals surface area contributed by atoms with E-state index in [-0.39, 0.29) is 6.61 Å². The fourth-order valence-electron chi connectivity index (χ4n) is 5.07. The van der Waals surface area contributed by atoms with E-state index in [0.717, 1.165) is 34.6 Å². The Labute approximate surface area is 286 Å². The zero-order chi connectivity index (χ0) is 36.2. The first-order chi connectivity index (χ1) is 23.2. The van der Waals surface area contributed by atoms with Gasteiger partial charge in [0.05, 0.1) is 6.61 Å². The number of alkyl halides is 1. The van der Waals surface area contributed by atoms with Gasteiger partial charge in [0.15, 0.2) is 37.0 Å². The average molecular weight is 719 g/mol. The second kappa shape index (κ2) is 18.8. The lowest BCUT2D eigenvalue weighted by Crippen LogP contribution is -2.66. The number of benzene rings is 1. The molecule has 49 heavy (non-hydrogen) atoms. The first kappa shape index (κ1) is 39.6. The van der Waals surface area contributed by atoms with Crippen molar-refractivity contribution < 1.29 is 81.2 Å². The van der Waals surface area contributed by atoms with Crippen LogP contribution in [0, 0.1) is 0 Å². The maximum atomic E-state index is 12.4. The maximum absolute atomic E-state index is 12.4. The molecule has 272 valence electrons. The largest absolute Gasteiger partial charge is 0.463 e. The Bertz CT molecular complexity index is 1310. The summed E-state index contributed by atoms with van der Waals surface area (Å²) in [6.45, 7) is 4.21. The van der Waals surface area contributed by atoms with Crippen molar-refractivity contribution in [3.8, 4) is 0 Å². The van der Waals surface area contributed by atoms with Crippen LogP contribution < -0.4 is 0 Å². The van der Waals surface area contributed by atoms with Gasteiger partial charge < -0.3 is 52.5 Å². The number of ether oxygens (including phenoxy) is 10. The van der Waals surface area contributed by atoms with Gasteiger partial charge in [-0.1, -0.05) is 30.3 Å². The Balaban J connectivity index is 2.06. The molecule has 0 saturated carbocycles. The van der Waals surface area contributed by atoms with E-state index in [1.165, 1.54) is 0 Å². The number of esters is 6. The van der Waals surface area contributed by atoms with Crippen molar-refractivity contribution in [1.82, 2.24) is 0 Å². The van der Waals surface area contributed by atoms with Crippen LogP contribution in [0.2, 0.25) is 0 Å². The van der Waals surface area contributed by atoms with Gasteiger partial charge in [-0.3, -0.25) is 28.8 Å². The SMILES string of the molecule is CC(=O)OC[C@H]1O[C@@H](OCc2ccccc2)[C@H](OC(C)=O)[C@@H](OC(C)=O)[C@@H]1O[C@@H]1O[C@H](COC(=O)CCl)[C@H](OC(C)=O)[C@H](O)[C@H]1OC(C)=O. The van der Waals surface area contributed by atoms with Crippen molar-refractivity contribution in [3.05, 3.63) is 35.9 Å². The molecule has 0 amide bonds. The van der Waals surface area contributed by atoms with Crippen LogP contribution in [0.1, 0.15) is 40.2 Å². The molecule has 2 heterocycles. The van der Waals surface area contributed by atoms with E-state index in [0.29, 0.717) is 5.56 Å². The predicted octanol–water partition coefficient (Wildman–Crippen LogP) is 0.471. The zero-order valence-electron chi connectivity index (χ0n) is 27.3. The Kier molecular flexibility index (Phi) is 15.2. The number of hydrogen-bond acceptors (Lipinski definition) is 17. The molecule has 18 heteroatoms. The monoisotopic (exact) mass is 718 g/mol. The summed E-state index contributed by atoms with van der Waals surface area (Å²) < 4.78 is 56.1. The van der Waals surface area contributed by atoms with E-state index in [1.807, 2.05) is 0 Å². The number of hydrogen-bond donors (Lipinski definition) is 1. The molecule has 0 aliphatic carbocycles. The lowest BCUT2D eigenvalue weighted by atomic mass is 9.96. The molecular weight excluding hydrogens is 680 g/mol. The van der Waals surface area contributed by atoms with E-state index < -0.39 is 116 Å². The highest BCUT2D eigenvalue weighted by molar-refractivity contribution is 6.26. The molecule has 2 aliphatic rings.